The average Bonchev–Trinajstić information content (AvgIpc) is 3.26. The largest absolute Gasteiger partial charge is 0.545 e. The van der Waals surface area contributed by atoms with E-state index < -0.39 is 33.3 Å². The molecule has 0 saturated carbocycles. The highest BCUT2D eigenvalue weighted by Gasteiger charge is 2.22. The van der Waals surface area contributed by atoms with Gasteiger partial charge in [0.15, 0.2) is 34.5 Å². The average molecular weight is 973 g/mol. The molecule has 63 heavy (non-hydrogen) atoms. The van der Waals surface area contributed by atoms with Gasteiger partial charge >= 0.3 is 5.97 Å². The van der Waals surface area contributed by atoms with E-state index in [1.165, 1.54) is 78.7 Å². The van der Waals surface area contributed by atoms with Crippen LogP contribution in [0.2, 0.25) is 0 Å². The van der Waals surface area contributed by atoms with Gasteiger partial charge in [0, 0.05) is 28.9 Å². The minimum atomic E-state index is -3.99. The zero-order chi connectivity index (χ0) is 44.8. The molecule has 0 radical (unpaired) electrons. The van der Waals surface area contributed by atoms with E-state index in [4.69, 9.17) is 30.4 Å². The number of azo groups is 2. The van der Waals surface area contributed by atoms with Crippen LogP contribution in [0.4, 0.5) is 28.4 Å². The summed E-state index contributed by atoms with van der Waals surface area (Å²) >= 11 is 2.08. The second kappa shape index (κ2) is 24.0. The van der Waals surface area contributed by atoms with Crippen LogP contribution in [0.25, 0.3) is 10.8 Å². The Morgan fingerprint density at radius 1 is 0.825 bits per heavy atom. The Kier molecular flexibility index (Phi) is 19.2. The maximum atomic E-state index is 13.3. The number of nitrogens with two attached hydrogens (primary N) is 1. The number of carbonyl (C=O) groups is 2. The lowest BCUT2D eigenvalue weighted by atomic mass is 10.1. The van der Waals surface area contributed by atoms with Crippen LogP contribution in [0.5, 0.6) is 11.5 Å². The summed E-state index contributed by atoms with van der Waals surface area (Å²) in [7, 11) is -2.63. The third-order valence-electron chi connectivity index (χ3n) is 8.02. The Balaban J connectivity index is 0.00000871. The van der Waals surface area contributed by atoms with Crippen molar-refractivity contribution < 1.29 is 91.1 Å². The number of hydrogen-bond acceptors (Lipinski definition) is 26. The summed E-state index contributed by atoms with van der Waals surface area (Å²) in [5, 5.41) is 77.0. The number of carboxylic acids is 1. The van der Waals surface area contributed by atoms with Crippen molar-refractivity contribution in [2.75, 3.05) is 24.3 Å². The highest BCUT2D eigenvalue weighted by molar-refractivity contribution is 7.96. The maximum absolute atomic E-state index is 13.3. The number of pyridine rings is 1. The second-order valence-corrected chi connectivity index (χ2v) is 16.8. The van der Waals surface area contributed by atoms with Crippen LogP contribution in [0.1, 0.15) is 15.9 Å². The quantitative estimate of drug-likeness (QED) is 0.0100. The van der Waals surface area contributed by atoms with E-state index in [2.05, 4.69) is 48.6 Å². The standard InChI is InChI=1S/C34H30N6O17S5.H2O/c1-18-12-25(26(50-2)15-27(18)59-51-30(41)17-58-55-52-45)37-39-32-29(61-57-54-47)14-22-21(33(32)42)6-7-23(35)31(22)38-36-24-8-5-20(13-28(24)60-56-53-46)62(48,49)11-10-40-9-3-4-19(16-40)34(43)44;/h3-9,12-16H,10-11,17H2,1-2H3,(H6-,35,36,37,42,43,44,45,46,47);1H2. The van der Waals surface area contributed by atoms with Gasteiger partial charge in [0.2, 0.25) is 0 Å². The molecule has 5 aromatic rings. The summed E-state index contributed by atoms with van der Waals surface area (Å²) in [5.41, 5.74) is 6.90. The lowest BCUT2D eigenvalue weighted by molar-refractivity contribution is -0.692. The molecule has 336 valence electrons. The first-order chi connectivity index (χ1) is 29.8. The summed E-state index contributed by atoms with van der Waals surface area (Å²) in [4.78, 5) is 23.5. The molecule has 1 aromatic heterocycles. The summed E-state index contributed by atoms with van der Waals surface area (Å²) < 4.78 is 52.0. The van der Waals surface area contributed by atoms with E-state index in [0.717, 1.165) is 12.0 Å². The molecule has 1 heterocycles. The number of nitrogens with zero attached hydrogens (tertiary/aromatic N) is 5. The van der Waals surface area contributed by atoms with Crippen LogP contribution in [0, 0.1) is 6.92 Å². The normalized spacial score (nSPS) is 11.6. The molecule has 29 heteroatoms. The maximum Gasteiger partial charge on any atom is 0.330 e. The Morgan fingerprint density at radius 3 is 2.22 bits per heavy atom. The van der Waals surface area contributed by atoms with Gasteiger partial charge in [0.25, 0.3) is 0 Å². The van der Waals surface area contributed by atoms with E-state index >= 15 is 0 Å². The number of aryl methyl sites for hydroxylation is 2. The first-order valence-electron chi connectivity index (χ1n) is 16.7. The molecule has 0 aliphatic rings. The monoisotopic (exact) mass is 972 g/mol. The van der Waals surface area contributed by atoms with Gasteiger partial charge in [-0.15, -0.1) is 33.5 Å². The van der Waals surface area contributed by atoms with Crippen molar-refractivity contribution in [1.29, 1.82) is 0 Å². The molecule has 4 aromatic carbocycles. The number of aromatic carboxylic acids is 1. The van der Waals surface area contributed by atoms with Gasteiger partial charge in [-0.25, -0.2) is 28.8 Å². The number of fused-ring (bicyclic) bond motifs is 1. The van der Waals surface area contributed by atoms with Crippen molar-refractivity contribution >= 4 is 109 Å². The first kappa shape index (κ1) is 50.4. The van der Waals surface area contributed by atoms with Gasteiger partial charge in [0.05, 0.1) is 80.0 Å². The molecule has 0 fully saturated rings. The van der Waals surface area contributed by atoms with Gasteiger partial charge < -0.3 is 35.1 Å². The summed E-state index contributed by atoms with van der Waals surface area (Å²) in [6.45, 7) is 1.60. The molecule has 5 rings (SSSR count). The predicted octanol–water partition coefficient (Wildman–Crippen LogP) is 6.05. The van der Waals surface area contributed by atoms with Crippen LogP contribution in [-0.4, -0.2) is 65.3 Å². The lowest BCUT2D eigenvalue weighted by Crippen LogP contribution is -2.38. The molecule has 24 nitrogen and oxygen atoms in total. The Hall–Kier alpha value is -5.22. The number of methoxy groups -OCH3 is 1. The van der Waals surface area contributed by atoms with Crippen LogP contribution >= 0.6 is 48.2 Å². The fourth-order valence-electron chi connectivity index (χ4n) is 5.16. The highest BCUT2D eigenvalue weighted by Crippen LogP contribution is 2.48. The molecular weight excluding hydrogens is 941 g/mol. The number of ether oxygens (including phenoxy) is 1. The molecule has 0 spiro atoms. The number of carbonyl (C=O) groups excluding carboxylic acids is 2. The third kappa shape index (κ3) is 13.4. The molecule has 0 amide bonds. The van der Waals surface area contributed by atoms with Crippen LogP contribution in [-0.2, 0) is 53.5 Å². The minimum Gasteiger partial charge on any atom is -0.545 e. The SMILES string of the molecule is COc1cc(SOC(=O)CSOOO)c(C)cc1N=Nc1c(SOOO)cc2c(N=Nc3ccc(S(=O)(=O)CC[n+]4cccc(C(=O)[O-])c4)cc3SOOO)c(N)ccc2c1O.O. The van der Waals surface area contributed by atoms with Crippen molar-refractivity contribution in [1.82, 2.24) is 0 Å². The van der Waals surface area contributed by atoms with E-state index in [-0.39, 0.29) is 83.0 Å². The van der Waals surface area contributed by atoms with E-state index in [0.29, 0.717) is 46.6 Å². The van der Waals surface area contributed by atoms with Crippen LogP contribution in [0.3, 0.4) is 0 Å². The van der Waals surface area contributed by atoms with Gasteiger partial charge in [-0.2, -0.15) is 0 Å². The van der Waals surface area contributed by atoms with Gasteiger partial charge in [-0.1, -0.05) is 15.1 Å². The minimum absolute atomic E-state index is 0. The molecule has 8 N–H and O–H groups in total. The Bertz CT molecular complexity index is 2610. The number of aromatic hydroxyl groups is 1. The van der Waals surface area contributed by atoms with Crippen LogP contribution < -0.4 is 20.1 Å². The topological polar surface area (TPSA) is 357 Å². The molecular formula is C34H32N6O18S5. The van der Waals surface area contributed by atoms with E-state index in [1.807, 2.05) is 0 Å². The lowest BCUT2D eigenvalue weighted by Gasteiger charge is -2.12. The second-order valence-electron chi connectivity index (χ2n) is 11.8. The zero-order valence-electron chi connectivity index (χ0n) is 32.0. The van der Waals surface area contributed by atoms with E-state index in [9.17, 15) is 28.2 Å². The van der Waals surface area contributed by atoms with Gasteiger partial charge in [-0.3, -0.25) is 4.79 Å². The first-order valence-corrected chi connectivity index (χ1v) is 21.5. The number of hydrogen-bond donors (Lipinski definition) is 5. The summed E-state index contributed by atoms with van der Waals surface area (Å²) in [5.74, 6) is -3.09. The molecule has 0 atom stereocenters. The molecule has 0 bridgehead atoms. The zero-order valence-corrected chi connectivity index (χ0v) is 36.1. The Labute approximate surface area is 372 Å². The number of phenolic OH excluding ortho intramolecular Hbond substituents is 1. The number of sulfone groups is 1. The Morgan fingerprint density at radius 2 is 1.52 bits per heavy atom. The van der Waals surface area contributed by atoms with Crippen molar-refractivity contribution in [2.24, 2.45) is 20.5 Å². The predicted molar refractivity (Wildman–Crippen MR) is 220 cm³/mol. The van der Waals surface area contributed by atoms with E-state index in [1.54, 1.807) is 13.0 Å². The number of phenols is 1. The van der Waals surface area contributed by atoms with Gasteiger partial charge in [-0.05, 0) is 67.1 Å². The number of nitrogen functional groups attached to an aromatic ring is 1. The number of rotatable bonds is 22. The third-order valence-corrected chi connectivity index (χ3v) is 12.4. The fourth-order valence-corrected chi connectivity index (χ4v) is 8.36. The van der Waals surface area contributed by atoms with Crippen molar-refractivity contribution in [3.8, 4) is 11.5 Å². The van der Waals surface area contributed by atoms with Crippen molar-refractivity contribution in [3.63, 3.8) is 0 Å². The van der Waals surface area contributed by atoms with Crippen molar-refractivity contribution in [2.45, 2.75) is 33.1 Å². The number of anilines is 1. The summed E-state index contributed by atoms with van der Waals surface area (Å²) in [6.07, 6.45) is 2.74. The molecule has 0 unspecified atom stereocenters. The van der Waals surface area contributed by atoms with Gasteiger partial charge in [0.1, 0.15) is 40.0 Å². The van der Waals surface area contributed by atoms with Crippen LogP contribution in [0.15, 0.2) is 113 Å². The highest BCUT2D eigenvalue weighted by atomic mass is 32.2. The van der Waals surface area contributed by atoms with Crippen molar-refractivity contribution in [3.05, 3.63) is 84.2 Å². The summed E-state index contributed by atoms with van der Waals surface area (Å²) in [6, 6.07) is 13.9. The fraction of sp³-hybridized carbons (Fsp3) is 0.147. The smallest absolute Gasteiger partial charge is 0.330 e. The number of benzene rings is 4. The molecule has 0 saturated heterocycles. The number of aromatic nitrogens is 1. The molecule has 0 aliphatic heterocycles. The molecule has 0 aliphatic carbocycles. The number of carboxylic acid groups (broad SMARTS) is 1.